The Hall–Kier alpha value is -5.58. The molecule has 0 radical (unpaired) electrons. The Bertz CT molecular complexity index is 1960. The summed E-state index contributed by atoms with van der Waals surface area (Å²) in [5.41, 5.74) is 1.72. The topological polar surface area (TPSA) is 106 Å². The molecule has 0 fully saturated rings. The lowest BCUT2D eigenvalue weighted by Gasteiger charge is -2.19. The Balaban J connectivity index is 1.35. The number of ether oxygens (including phenoxy) is 2. The number of anilines is 2. The summed E-state index contributed by atoms with van der Waals surface area (Å²) in [6.45, 7) is 0. The van der Waals surface area contributed by atoms with Crippen molar-refractivity contribution in [1.29, 1.82) is 0 Å². The summed E-state index contributed by atoms with van der Waals surface area (Å²) >= 11 is 7.54. The van der Waals surface area contributed by atoms with Gasteiger partial charge in [0, 0.05) is 27.8 Å². The summed E-state index contributed by atoms with van der Waals surface area (Å²) < 4.78 is 25.4. The lowest BCUT2D eigenvalue weighted by Crippen LogP contribution is -2.30. The Kier molecular flexibility index (Phi) is 11.7. The summed E-state index contributed by atoms with van der Waals surface area (Å²) in [7, 11) is 3.06. The summed E-state index contributed by atoms with van der Waals surface area (Å²) in [5, 5.41) is 7.72. The lowest BCUT2D eigenvalue weighted by atomic mass is 10.1. The molecule has 5 rings (SSSR count). The first-order valence-electron chi connectivity index (χ1n) is 14.9. The zero-order chi connectivity index (χ0) is 34.8. The van der Waals surface area contributed by atoms with Crippen molar-refractivity contribution in [3.8, 4) is 11.5 Å². The quantitative estimate of drug-likeness (QED) is 0.0895. The van der Waals surface area contributed by atoms with Gasteiger partial charge in [-0.15, -0.1) is 11.8 Å². The number of methoxy groups -OCH3 is 2. The Labute approximate surface area is 292 Å². The second-order valence-electron chi connectivity index (χ2n) is 10.5. The molecule has 1 atom stereocenters. The third kappa shape index (κ3) is 9.07. The van der Waals surface area contributed by atoms with Crippen molar-refractivity contribution in [2.45, 2.75) is 10.1 Å². The van der Waals surface area contributed by atoms with Crippen LogP contribution >= 0.6 is 23.4 Å². The molecule has 0 aromatic heterocycles. The molecule has 0 heterocycles. The van der Waals surface area contributed by atoms with Crippen LogP contribution in [0.3, 0.4) is 0 Å². The summed E-state index contributed by atoms with van der Waals surface area (Å²) in [6, 6.07) is 33.8. The maximum absolute atomic E-state index is 14.7. The van der Waals surface area contributed by atoms with E-state index >= 15 is 0 Å². The van der Waals surface area contributed by atoms with Crippen molar-refractivity contribution < 1.29 is 28.2 Å². The Morgan fingerprint density at radius 3 is 2.14 bits per heavy atom. The van der Waals surface area contributed by atoms with E-state index in [1.165, 1.54) is 43.1 Å². The largest absolute Gasteiger partial charge is 0.497 e. The van der Waals surface area contributed by atoms with Gasteiger partial charge in [0.15, 0.2) is 0 Å². The van der Waals surface area contributed by atoms with Gasteiger partial charge in [0.1, 0.15) is 28.3 Å². The fourth-order valence-corrected chi connectivity index (χ4v) is 5.93. The molecule has 5 aromatic carbocycles. The first kappa shape index (κ1) is 34.7. The first-order valence-corrected chi connectivity index (χ1v) is 16.2. The molecule has 49 heavy (non-hydrogen) atoms. The molecular weight excluding hydrogens is 665 g/mol. The molecule has 1 unspecified atom stereocenters. The van der Waals surface area contributed by atoms with E-state index in [1.54, 1.807) is 79.9 Å². The van der Waals surface area contributed by atoms with Crippen LogP contribution in [0.4, 0.5) is 15.8 Å². The van der Waals surface area contributed by atoms with Gasteiger partial charge < -0.3 is 25.4 Å². The first-order chi connectivity index (χ1) is 23.7. The van der Waals surface area contributed by atoms with Gasteiger partial charge in [0.25, 0.3) is 11.8 Å². The number of hydrogen-bond acceptors (Lipinski definition) is 6. The number of nitrogens with one attached hydrogen (secondary N) is 3. The minimum absolute atomic E-state index is 0.0492. The maximum Gasteiger partial charge on any atom is 0.272 e. The third-order valence-corrected chi connectivity index (χ3v) is 8.79. The number of carbonyl (C=O) groups excluding carboxylic acids is 3. The number of amides is 3. The van der Waals surface area contributed by atoms with Crippen LogP contribution in [0, 0.1) is 5.82 Å². The predicted molar refractivity (Wildman–Crippen MR) is 192 cm³/mol. The molecule has 0 saturated carbocycles. The average Bonchev–Trinajstić information content (AvgIpc) is 3.13. The molecule has 5 aromatic rings. The van der Waals surface area contributed by atoms with E-state index in [0.29, 0.717) is 28.4 Å². The van der Waals surface area contributed by atoms with Gasteiger partial charge in [0.05, 0.1) is 24.9 Å². The molecule has 0 aliphatic rings. The molecule has 248 valence electrons. The normalized spacial score (nSPS) is 11.6. The summed E-state index contributed by atoms with van der Waals surface area (Å²) in [4.78, 5) is 40.8. The third-order valence-electron chi connectivity index (χ3n) is 7.19. The van der Waals surface area contributed by atoms with E-state index in [9.17, 15) is 18.8 Å². The molecule has 0 spiro atoms. The fraction of sp³-hybridized carbons (Fsp3) is 0.0789. The second-order valence-corrected chi connectivity index (χ2v) is 12.0. The van der Waals surface area contributed by atoms with Crippen LogP contribution in [0.15, 0.2) is 132 Å². The number of benzene rings is 5. The van der Waals surface area contributed by atoms with E-state index in [4.69, 9.17) is 21.1 Å². The molecule has 11 heteroatoms. The van der Waals surface area contributed by atoms with Crippen molar-refractivity contribution in [1.82, 2.24) is 5.32 Å². The Morgan fingerprint density at radius 2 is 1.49 bits per heavy atom. The standard InChI is InChI=1S/C38H31ClFN3O5S/c1-47-27-18-21-32(34(22-27)48-2)42-38(46)35(24-10-5-3-6-11-24)49-28-19-16-26(17-20-28)41-37(45)33(23-29-30(39)14-9-15-31(29)40)43-36(44)25-12-7-4-8-13-25/h3-23,35H,1-2H3,(H,41,45)(H,42,46)(H,43,44)/b33-23-. The molecule has 8 nitrogen and oxygen atoms in total. The van der Waals surface area contributed by atoms with Crippen molar-refractivity contribution in [2.75, 3.05) is 24.9 Å². The van der Waals surface area contributed by atoms with Gasteiger partial charge >= 0.3 is 0 Å². The highest BCUT2D eigenvalue weighted by atomic mass is 35.5. The van der Waals surface area contributed by atoms with Gasteiger partial charge in [0.2, 0.25) is 5.91 Å². The van der Waals surface area contributed by atoms with E-state index in [0.717, 1.165) is 10.5 Å². The molecule has 3 N–H and O–H groups in total. The molecular formula is C38H31ClFN3O5S. The van der Waals surface area contributed by atoms with Crippen LogP contribution in [0.25, 0.3) is 6.08 Å². The van der Waals surface area contributed by atoms with Gasteiger partial charge in [-0.2, -0.15) is 0 Å². The van der Waals surface area contributed by atoms with Gasteiger partial charge in [-0.1, -0.05) is 66.2 Å². The van der Waals surface area contributed by atoms with Crippen LogP contribution in [0.2, 0.25) is 5.02 Å². The van der Waals surface area contributed by atoms with Crippen LogP contribution in [0.1, 0.15) is 26.7 Å². The average molecular weight is 696 g/mol. The van der Waals surface area contributed by atoms with Crippen molar-refractivity contribution in [2.24, 2.45) is 0 Å². The van der Waals surface area contributed by atoms with Crippen LogP contribution in [-0.4, -0.2) is 31.9 Å². The summed E-state index contributed by atoms with van der Waals surface area (Å²) in [5.74, 6) is -1.13. The van der Waals surface area contributed by atoms with Gasteiger partial charge in [-0.3, -0.25) is 14.4 Å². The highest BCUT2D eigenvalue weighted by Crippen LogP contribution is 2.38. The molecule has 0 aliphatic carbocycles. The molecule has 0 saturated heterocycles. The lowest BCUT2D eigenvalue weighted by molar-refractivity contribution is -0.116. The van der Waals surface area contributed by atoms with E-state index < -0.39 is 22.9 Å². The van der Waals surface area contributed by atoms with Gasteiger partial charge in [-0.25, -0.2) is 4.39 Å². The monoisotopic (exact) mass is 695 g/mol. The van der Waals surface area contributed by atoms with E-state index in [2.05, 4.69) is 16.0 Å². The number of hydrogen-bond donors (Lipinski definition) is 3. The zero-order valence-corrected chi connectivity index (χ0v) is 28.0. The second kappa shape index (κ2) is 16.5. The Morgan fingerprint density at radius 1 is 0.796 bits per heavy atom. The maximum atomic E-state index is 14.7. The van der Waals surface area contributed by atoms with E-state index in [-0.39, 0.29) is 22.2 Å². The highest BCUT2D eigenvalue weighted by molar-refractivity contribution is 8.00. The predicted octanol–water partition coefficient (Wildman–Crippen LogP) is 8.38. The number of halogens is 2. The van der Waals surface area contributed by atoms with Crippen molar-refractivity contribution >= 4 is 58.5 Å². The van der Waals surface area contributed by atoms with Crippen LogP contribution < -0.4 is 25.4 Å². The van der Waals surface area contributed by atoms with Crippen LogP contribution in [-0.2, 0) is 9.59 Å². The van der Waals surface area contributed by atoms with E-state index in [1.807, 2.05) is 30.3 Å². The smallest absolute Gasteiger partial charge is 0.272 e. The number of rotatable bonds is 12. The number of carbonyl (C=O) groups is 3. The molecule has 0 aliphatic heterocycles. The highest BCUT2D eigenvalue weighted by Gasteiger charge is 2.24. The minimum atomic E-state index is -0.695. The van der Waals surface area contributed by atoms with Crippen LogP contribution in [0.5, 0.6) is 11.5 Å². The number of thioether (sulfide) groups is 1. The van der Waals surface area contributed by atoms with Crippen molar-refractivity contribution in [3.63, 3.8) is 0 Å². The SMILES string of the molecule is COc1ccc(NC(=O)C(Sc2ccc(NC(=O)/C(=C/c3c(F)cccc3Cl)NC(=O)c3ccccc3)cc2)c2ccccc2)c(OC)c1. The molecule has 0 bridgehead atoms. The van der Waals surface area contributed by atoms with Gasteiger partial charge in [-0.05, 0) is 72.3 Å². The minimum Gasteiger partial charge on any atom is -0.497 e. The zero-order valence-electron chi connectivity index (χ0n) is 26.4. The van der Waals surface area contributed by atoms with Crippen molar-refractivity contribution in [3.05, 3.63) is 155 Å². The fourth-order valence-electron chi connectivity index (χ4n) is 4.69. The molecule has 3 amide bonds. The summed E-state index contributed by atoms with van der Waals surface area (Å²) in [6.07, 6.45) is 1.19.